The molecule has 1 fully saturated rings. The van der Waals surface area contributed by atoms with Crippen molar-refractivity contribution in [2.45, 2.75) is 52.2 Å². The van der Waals surface area contributed by atoms with Crippen molar-refractivity contribution in [3.63, 3.8) is 0 Å². The van der Waals surface area contributed by atoms with Crippen LogP contribution in [0.3, 0.4) is 0 Å². The molecule has 0 aliphatic carbocycles. The van der Waals surface area contributed by atoms with Crippen LogP contribution in [0.5, 0.6) is 0 Å². The third kappa shape index (κ3) is 2.20. The maximum Gasteiger partial charge on any atom is 0.0197 e. The molecule has 0 aromatic rings. The van der Waals surface area contributed by atoms with Crippen LogP contribution < -0.4 is 5.32 Å². The van der Waals surface area contributed by atoms with Crippen LogP contribution in [0.25, 0.3) is 0 Å². The van der Waals surface area contributed by atoms with Crippen molar-refractivity contribution in [2.75, 3.05) is 13.1 Å². The third-order valence-corrected chi connectivity index (χ3v) is 2.79. The topological polar surface area (TPSA) is 15.3 Å². The van der Waals surface area contributed by atoms with Gasteiger partial charge in [-0.25, -0.2) is 0 Å². The van der Waals surface area contributed by atoms with Gasteiger partial charge in [0.15, 0.2) is 0 Å². The Labute approximate surface area is 76.3 Å². The fourth-order valence-electron chi connectivity index (χ4n) is 2.33. The summed E-state index contributed by atoms with van der Waals surface area (Å²) in [6.07, 6.45) is 1.28. The van der Waals surface area contributed by atoms with Crippen LogP contribution in [0.1, 0.15) is 34.1 Å². The monoisotopic (exact) mass is 170 g/mol. The van der Waals surface area contributed by atoms with Gasteiger partial charge in [-0.3, -0.25) is 4.90 Å². The molecule has 0 spiro atoms. The van der Waals surface area contributed by atoms with Crippen LogP contribution in [0, 0.1) is 0 Å². The van der Waals surface area contributed by atoms with Gasteiger partial charge in [-0.15, -0.1) is 0 Å². The Kier molecular flexibility index (Phi) is 3.53. The zero-order valence-electron chi connectivity index (χ0n) is 8.80. The summed E-state index contributed by atoms with van der Waals surface area (Å²) >= 11 is 0. The van der Waals surface area contributed by atoms with Crippen LogP contribution in [0.4, 0.5) is 0 Å². The van der Waals surface area contributed by atoms with Crippen molar-refractivity contribution in [1.29, 1.82) is 0 Å². The molecule has 0 radical (unpaired) electrons. The van der Waals surface area contributed by atoms with Gasteiger partial charge in [0.25, 0.3) is 0 Å². The molecule has 0 bridgehead atoms. The van der Waals surface area contributed by atoms with E-state index in [-0.39, 0.29) is 0 Å². The lowest BCUT2D eigenvalue weighted by Crippen LogP contribution is -2.45. The van der Waals surface area contributed by atoms with Crippen molar-refractivity contribution in [2.24, 2.45) is 0 Å². The van der Waals surface area contributed by atoms with Crippen molar-refractivity contribution < 1.29 is 0 Å². The van der Waals surface area contributed by atoms with Gasteiger partial charge in [0.2, 0.25) is 0 Å². The molecule has 0 aromatic heterocycles. The average molecular weight is 170 g/mol. The summed E-state index contributed by atoms with van der Waals surface area (Å²) in [5.74, 6) is 0. The Morgan fingerprint density at radius 2 is 1.92 bits per heavy atom. The van der Waals surface area contributed by atoms with Gasteiger partial charge < -0.3 is 5.32 Å². The second-order valence-electron chi connectivity index (χ2n) is 4.23. The quantitative estimate of drug-likeness (QED) is 0.641. The first-order valence-electron chi connectivity index (χ1n) is 5.11. The van der Waals surface area contributed by atoms with E-state index in [1.54, 1.807) is 0 Å². The summed E-state index contributed by atoms with van der Waals surface area (Å²) < 4.78 is 0. The smallest absolute Gasteiger partial charge is 0.0197 e. The maximum atomic E-state index is 3.47. The lowest BCUT2D eigenvalue weighted by atomic mass is 10.1. The molecular weight excluding hydrogens is 148 g/mol. The molecule has 0 aromatic carbocycles. The van der Waals surface area contributed by atoms with Crippen LogP contribution in [0.2, 0.25) is 0 Å². The lowest BCUT2D eigenvalue weighted by Gasteiger charge is -2.35. The minimum Gasteiger partial charge on any atom is -0.315 e. The third-order valence-electron chi connectivity index (χ3n) is 2.79. The Balaban J connectivity index is 2.61. The zero-order chi connectivity index (χ0) is 9.14. The Hall–Kier alpha value is -0.0800. The Morgan fingerprint density at radius 1 is 1.25 bits per heavy atom. The van der Waals surface area contributed by atoms with E-state index in [4.69, 9.17) is 0 Å². The van der Waals surface area contributed by atoms with E-state index in [1.165, 1.54) is 13.0 Å². The highest BCUT2D eigenvalue weighted by Crippen LogP contribution is 2.14. The Morgan fingerprint density at radius 3 is 2.50 bits per heavy atom. The van der Waals surface area contributed by atoms with Gasteiger partial charge in [-0.05, 0) is 40.7 Å². The summed E-state index contributed by atoms with van der Waals surface area (Å²) in [6.45, 7) is 11.5. The average Bonchev–Trinajstić information content (AvgIpc) is 2.11. The SMILES string of the molecule is CC(C)N1C(C)CCNCC1C. The molecule has 1 aliphatic heterocycles. The fraction of sp³-hybridized carbons (Fsp3) is 1.00. The van der Waals surface area contributed by atoms with Gasteiger partial charge in [-0.1, -0.05) is 0 Å². The van der Waals surface area contributed by atoms with E-state index >= 15 is 0 Å². The number of hydrogen-bond acceptors (Lipinski definition) is 2. The second kappa shape index (κ2) is 4.24. The van der Waals surface area contributed by atoms with E-state index in [0.29, 0.717) is 12.1 Å². The molecule has 1 aliphatic rings. The highest BCUT2D eigenvalue weighted by atomic mass is 15.2. The predicted molar refractivity (Wildman–Crippen MR) is 53.4 cm³/mol. The minimum absolute atomic E-state index is 0.676. The number of nitrogens with zero attached hydrogens (tertiary/aromatic N) is 1. The molecule has 0 amide bonds. The van der Waals surface area contributed by atoms with Crippen LogP contribution in [-0.2, 0) is 0 Å². The number of rotatable bonds is 1. The molecule has 1 heterocycles. The van der Waals surface area contributed by atoms with Crippen LogP contribution in [0.15, 0.2) is 0 Å². The van der Waals surface area contributed by atoms with E-state index in [1.807, 2.05) is 0 Å². The van der Waals surface area contributed by atoms with Crippen molar-refractivity contribution >= 4 is 0 Å². The molecule has 1 N–H and O–H groups in total. The van der Waals surface area contributed by atoms with Crippen LogP contribution >= 0.6 is 0 Å². The molecule has 2 heteroatoms. The van der Waals surface area contributed by atoms with Crippen molar-refractivity contribution in [1.82, 2.24) is 10.2 Å². The highest BCUT2D eigenvalue weighted by Gasteiger charge is 2.24. The second-order valence-corrected chi connectivity index (χ2v) is 4.23. The largest absolute Gasteiger partial charge is 0.315 e. The predicted octanol–water partition coefficient (Wildman–Crippen LogP) is 1.47. The van der Waals surface area contributed by atoms with Crippen molar-refractivity contribution in [3.8, 4) is 0 Å². The van der Waals surface area contributed by atoms with E-state index in [9.17, 15) is 0 Å². The molecule has 1 rings (SSSR count). The van der Waals surface area contributed by atoms with Gasteiger partial charge in [0.1, 0.15) is 0 Å². The fourth-order valence-corrected chi connectivity index (χ4v) is 2.33. The zero-order valence-corrected chi connectivity index (χ0v) is 8.80. The molecule has 2 nitrogen and oxygen atoms in total. The first-order chi connectivity index (χ1) is 5.63. The molecule has 72 valence electrons. The summed E-state index contributed by atoms with van der Waals surface area (Å²) in [5, 5.41) is 3.47. The first kappa shape index (κ1) is 10.0. The standard InChI is InChI=1S/C10H22N2/c1-8(2)12-9(3)5-6-11-7-10(12)4/h8-11H,5-7H2,1-4H3. The van der Waals surface area contributed by atoms with Crippen molar-refractivity contribution in [3.05, 3.63) is 0 Å². The summed E-state index contributed by atoms with van der Waals surface area (Å²) in [5.41, 5.74) is 0. The normalized spacial score (nSPS) is 33.8. The molecule has 0 saturated carbocycles. The van der Waals surface area contributed by atoms with Gasteiger partial charge >= 0.3 is 0 Å². The van der Waals surface area contributed by atoms with E-state index in [0.717, 1.165) is 12.6 Å². The van der Waals surface area contributed by atoms with Crippen LogP contribution in [-0.4, -0.2) is 36.1 Å². The number of hydrogen-bond donors (Lipinski definition) is 1. The summed E-state index contributed by atoms with van der Waals surface area (Å²) in [7, 11) is 0. The van der Waals surface area contributed by atoms with Gasteiger partial charge in [-0.2, -0.15) is 0 Å². The summed E-state index contributed by atoms with van der Waals surface area (Å²) in [4.78, 5) is 2.61. The molecule has 12 heavy (non-hydrogen) atoms. The Bertz CT molecular complexity index is 122. The van der Waals surface area contributed by atoms with Gasteiger partial charge in [0, 0.05) is 24.7 Å². The molecule has 2 unspecified atom stereocenters. The molecule has 2 atom stereocenters. The lowest BCUT2D eigenvalue weighted by molar-refractivity contribution is 0.123. The van der Waals surface area contributed by atoms with E-state index in [2.05, 4.69) is 37.9 Å². The minimum atomic E-state index is 0.676. The maximum absolute atomic E-state index is 3.47. The van der Waals surface area contributed by atoms with E-state index < -0.39 is 0 Å². The highest BCUT2D eigenvalue weighted by molar-refractivity contribution is 4.81. The summed E-state index contributed by atoms with van der Waals surface area (Å²) in [6, 6.07) is 2.09. The van der Waals surface area contributed by atoms with Gasteiger partial charge in [0.05, 0.1) is 0 Å². The molecule has 1 saturated heterocycles. The molecular formula is C10H22N2. The first-order valence-corrected chi connectivity index (χ1v) is 5.11. The number of nitrogens with one attached hydrogen (secondary N) is 1.